The number of hydrogen-bond donors (Lipinski definition) is 0. The summed E-state index contributed by atoms with van der Waals surface area (Å²) in [6, 6.07) is 9.18. The molecule has 0 aromatic heterocycles. The Balaban J connectivity index is 1.83. The van der Waals surface area contributed by atoms with Crippen molar-refractivity contribution in [3.05, 3.63) is 70.8 Å². The van der Waals surface area contributed by atoms with E-state index in [9.17, 15) is 18.4 Å². The second-order valence-electron chi connectivity index (χ2n) is 6.10. The molecule has 0 atom stereocenters. The third-order valence-electron chi connectivity index (χ3n) is 3.94. The smallest absolute Gasteiger partial charge is 0.338 e. The molecule has 0 N–H and O–H groups in total. The molecule has 0 aliphatic rings. The normalized spacial score (nSPS) is 10.5. The molecule has 0 amide bonds. The number of carbonyl (C=O) groups is 2. The van der Waals surface area contributed by atoms with Crippen LogP contribution in [0.25, 0.3) is 0 Å². The van der Waals surface area contributed by atoms with Gasteiger partial charge in [0.25, 0.3) is 0 Å². The van der Waals surface area contributed by atoms with Crippen LogP contribution in [0.3, 0.4) is 0 Å². The topological polar surface area (TPSA) is 52.6 Å². The van der Waals surface area contributed by atoms with Gasteiger partial charge in [0.15, 0.2) is 11.6 Å². The molecule has 0 aliphatic carbocycles. The second kappa shape index (κ2) is 10.4. The highest BCUT2D eigenvalue weighted by Gasteiger charge is 2.12. The molecular weight excluding hydrogens is 354 g/mol. The fourth-order valence-corrected chi connectivity index (χ4v) is 2.38. The van der Waals surface area contributed by atoms with E-state index in [1.807, 2.05) is 0 Å². The average Bonchev–Trinajstić information content (AvgIpc) is 2.68. The summed E-state index contributed by atoms with van der Waals surface area (Å²) < 4.78 is 36.3. The Hall–Kier alpha value is -2.76. The van der Waals surface area contributed by atoms with Crippen LogP contribution in [0.2, 0.25) is 0 Å². The number of ether oxygens (including phenoxy) is 2. The summed E-state index contributed by atoms with van der Waals surface area (Å²) in [7, 11) is 0. The molecule has 144 valence electrons. The largest absolute Gasteiger partial charge is 0.462 e. The number of carbonyl (C=O) groups excluding carboxylic acids is 2. The molecule has 0 unspecified atom stereocenters. The van der Waals surface area contributed by atoms with Gasteiger partial charge in [-0.2, -0.15) is 0 Å². The highest BCUT2D eigenvalue weighted by molar-refractivity contribution is 5.93. The van der Waals surface area contributed by atoms with E-state index in [1.165, 1.54) is 30.3 Å². The van der Waals surface area contributed by atoms with Gasteiger partial charge in [-0.15, -0.1) is 0 Å². The maximum Gasteiger partial charge on any atom is 0.338 e. The van der Waals surface area contributed by atoms with Crippen LogP contribution in [-0.2, 0) is 16.1 Å². The average molecular weight is 376 g/mol. The van der Waals surface area contributed by atoms with Gasteiger partial charge in [0.05, 0.1) is 17.7 Å². The van der Waals surface area contributed by atoms with E-state index < -0.39 is 23.6 Å². The molecule has 2 rings (SSSR count). The van der Waals surface area contributed by atoms with Crippen molar-refractivity contribution in [3.63, 3.8) is 0 Å². The number of esters is 2. The van der Waals surface area contributed by atoms with Crippen LogP contribution in [0.4, 0.5) is 8.78 Å². The summed E-state index contributed by atoms with van der Waals surface area (Å²) >= 11 is 0. The maximum absolute atomic E-state index is 13.1. The highest BCUT2D eigenvalue weighted by Crippen LogP contribution is 2.12. The molecule has 0 saturated carbocycles. The second-order valence-corrected chi connectivity index (χ2v) is 6.10. The Morgan fingerprint density at radius 2 is 1.44 bits per heavy atom. The number of benzene rings is 2. The standard InChI is InChI=1S/C21H22F2O4/c1-2-3-4-5-12-26-20(24)16-7-9-17(10-8-16)21(25)27-14-15-6-11-18(22)19(23)13-15/h6-11,13H,2-5,12,14H2,1H3. The lowest BCUT2D eigenvalue weighted by molar-refractivity contribution is 0.0466. The van der Waals surface area contributed by atoms with Gasteiger partial charge in [-0.1, -0.05) is 32.3 Å². The minimum atomic E-state index is -0.999. The van der Waals surface area contributed by atoms with Gasteiger partial charge in [0.2, 0.25) is 0 Å². The molecule has 0 spiro atoms. The molecule has 6 heteroatoms. The van der Waals surface area contributed by atoms with Crippen LogP contribution < -0.4 is 0 Å². The molecule has 2 aromatic carbocycles. The van der Waals surface area contributed by atoms with E-state index >= 15 is 0 Å². The predicted molar refractivity (Wildman–Crippen MR) is 96.3 cm³/mol. The van der Waals surface area contributed by atoms with E-state index in [2.05, 4.69) is 6.92 Å². The number of unbranched alkanes of at least 4 members (excludes halogenated alkanes) is 3. The molecule has 0 fully saturated rings. The minimum absolute atomic E-state index is 0.183. The highest BCUT2D eigenvalue weighted by atomic mass is 19.2. The number of rotatable bonds is 9. The van der Waals surface area contributed by atoms with E-state index in [1.54, 1.807) is 0 Å². The fourth-order valence-electron chi connectivity index (χ4n) is 2.38. The number of halogens is 2. The van der Waals surface area contributed by atoms with Crippen molar-refractivity contribution >= 4 is 11.9 Å². The van der Waals surface area contributed by atoms with Crippen molar-refractivity contribution in [3.8, 4) is 0 Å². The first-order chi connectivity index (χ1) is 13.0. The van der Waals surface area contributed by atoms with Crippen molar-refractivity contribution < 1.29 is 27.8 Å². The van der Waals surface area contributed by atoms with Gasteiger partial charge < -0.3 is 9.47 Å². The lowest BCUT2D eigenvalue weighted by Crippen LogP contribution is -2.08. The summed E-state index contributed by atoms with van der Waals surface area (Å²) in [5.74, 6) is -3.02. The third kappa shape index (κ3) is 6.47. The van der Waals surface area contributed by atoms with Crippen LogP contribution in [-0.4, -0.2) is 18.5 Å². The Morgan fingerprint density at radius 3 is 2.04 bits per heavy atom. The maximum atomic E-state index is 13.1. The molecule has 0 bridgehead atoms. The first-order valence-corrected chi connectivity index (χ1v) is 8.89. The summed E-state index contributed by atoms with van der Waals surface area (Å²) in [5.41, 5.74) is 0.935. The SMILES string of the molecule is CCCCCCOC(=O)c1ccc(C(=O)OCc2ccc(F)c(F)c2)cc1. The zero-order chi connectivity index (χ0) is 19.6. The molecule has 0 saturated heterocycles. The van der Waals surface area contributed by atoms with Crippen LogP contribution in [0.5, 0.6) is 0 Å². The fraction of sp³-hybridized carbons (Fsp3) is 0.333. The molecule has 0 aliphatic heterocycles. The molecular formula is C21H22F2O4. The summed E-state index contributed by atoms with van der Waals surface area (Å²) in [5, 5.41) is 0. The van der Waals surface area contributed by atoms with Gasteiger partial charge in [0.1, 0.15) is 6.61 Å². The van der Waals surface area contributed by atoms with Gasteiger partial charge in [-0.05, 0) is 48.4 Å². The monoisotopic (exact) mass is 376 g/mol. The number of hydrogen-bond acceptors (Lipinski definition) is 4. The molecule has 2 aromatic rings. The van der Waals surface area contributed by atoms with Crippen molar-refractivity contribution in [1.29, 1.82) is 0 Å². The Labute approximate surface area is 157 Å². The molecule has 0 heterocycles. The molecule has 27 heavy (non-hydrogen) atoms. The van der Waals surface area contributed by atoms with E-state index in [4.69, 9.17) is 9.47 Å². The summed E-state index contributed by atoms with van der Waals surface area (Å²) in [6.45, 7) is 2.30. The predicted octanol–water partition coefficient (Wildman–Crippen LogP) is 5.06. The zero-order valence-corrected chi connectivity index (χ0v) is 15.2. The van der Waals surface area contributed by atoms with E-state index in [-0.39, 0.29) is 12.2 Å². The lowest BCUT2D eigenvalue weighted by Gasteiger charge is -2.07. The van der Waals surface area contributed by atoms with Gasteiger partial charge in [-0.25, -0.2) is 18.4 Å². The summed E-state index contributed by atoms with van der Waals surface area (Å²) in [4.78, 5) is 23.9. The van der Waals surface area contributed by atoms with Gasteiger partial charge >= 0.3 is 11.9 Å². The van der Waals surface area contributed by atoms with E-state index in [0.717, 1.165) is 37.8 Å². The van der Waals surface area contributed by atoms with Crippen LogP contribution in [0.1, 0.15) is 58.9 Å². The Morgan fingerprint density at radius 1 is 0.815 bits per heavy atom. The first kappa shape index (κ1) is 20.6. The van der Waals surface area contributed by atoms with E-state index in [0.29, 0.717) is 17.7 Å². The first-order valence-electron chi connectivity index (χ1n) is 8.89. The third-order valence-corrected chi connectivity index (χ3v) is 3.94. The van der Waals surface area contributed by atoms with Crippen molar-refractivity contribution in [2.45, 2.75) is 39.2 Å². The molecule has 4 nitrogen and oxygen atoms in total. The quantitative estimate of drug-likeness (QED) is 0.453. The van der Waals surface area contributed by atoms with Gasteiger partial charge in [-0.3, -0.25) is 0 Å². The zero-order valence-electron chi connectivity index (χ0n) is 15.2. The van der Waals surface area contributed by atoms with Gasteiger partial charge in [0, 0.05) is 0 Å². The van der Waals surface area contributed by atoms with Crippen molar-refractivity contribution in [1.82, 2.24) is 0 Å². The van der Waals surface area contributed by atoms with Crippen LogP contribution >= 0.6 is 0 Å². The Kier molecular flexibility index (Phi) is 7.92. The lowest BCUT2D eigenvalue weighted by atomic mass is 10.1. The van der Waals surface area contributed by atoms with Crippen LogP contribution in [0.15, 0.2) is 42.5 Å². The summed E-state index contributed by atoms with van der Waals surface area (Å²) in [6.07, 6.45) is 4.07. The van der Waals surface area contributed by atoms with Crippen molar-refractivity contribution in [2.24, 2.45) is 0 Å². The Bertz CT molecular complexity index is 772. The molecule has 0 radical (unpaired) electrons. The van der Waals surface area contributed by atoms with Crippen LogP contribution in [0, 0.1) is 11.6 Å². The van der Waals surface area contributed by atoms with Crippen molar-refractivity contribution in [2.75, 3.05) is 6.61 Å². The minimum Gasteiger partial charge on any atom is -0.462 e.